The third kappa shape index (κ3) is 2.47. The Bertz CT molecular complexity index is 741. The molecule has 3 rings (SSSR count). The van der Waals surface area contributed by atoms with Crippen LogP contribution in [0.1, 0.15) is 16.1 Å². The molecule has 0 unspecified atom stereocenters. The number of nitrogens with one attached hydrogen (secondary N) is 1. The van der Waals surface area contributed by atoms with Gasteiger partial charge in [-0.25, -0.2) is 4.98 Å². The van der Waals surface area contributed by atoms with Crippen LogP contribution in [-0.2, 0) is 6.42 Å². The van der Waals surface area contributed by atoms with Crippen LogP contribution >= 0.6 is 11.3 Å². The number of aromatic nitrogens is 2. The number of aromatic amines is 1. The lowest BCUT2D eigenvalue weighted by Gasteiger charge is -1.99. The summed E-state index contributed by atoms with van der Waals surface area (Å²) < 4.78 is 6.59. The van der Waals surface area contributed by atoms with E-state index >= 15 is 0 Å². The van der Waals surface area contributed by atoms with E-state index in [0.717, 1.165) is 17.9 Å². The van der Waals surface area contributed by atoms with Crippen LogP contribution in [0.15, 0.2) is 36.8 Å². The standard InChI is InChI=1S/C16H16N2OS/c1-11-14-8-13(19-2)6-7-16(14)20-15(11)5-3-4-12-9-17-10-18-12/h3,5-10H,4H2,1-2H3,(H,17,18). The molecule has 2 aromatic heterocycles. The molecule has 3 nitrogen and oxygen atoms in total. The van der Waals surface area contributed by atoms with Crippen LogP contribution in [0.4, 0.5) is 0 Å². The van der Waals surface area contributed by atoms with E-state index in [9.17, 15) is 0 Å². The molecule has 0 aliphatic heterocycles. The number of hydrogen-bond donors (Lipinski definition) is 1. The van der Waals surface area contributed by atoms with Gasteiger partial charge in [0.25, 0.3) is 0 Å². The molecular formula is C16H16N2OS. The first-order valence-corrected chi connectivity index (χ1v) is 7.30. The Morgan fingerprint density at radius 1 is 1.40 bits per heavy atom. The number of nitrogens with zero attached hydrogens (tertiary/aromatic N) is 1. The van der Waals surface area contributed by atoms with Crippen molar-refractivity contribution in [1.82, 2.24) is 9.97 Å². The number of hydrogen-bond acceptors (Lipinski definition) is 3. The molecular weight excluding hydrogens is 268 g/mol. The van der Waals surface area contributed by atoms with Crippen molar-refractivity contribution >= 4 is 27.5 Å². The molecule has 0 spiro atoms. The average molecular weight is 284 g/mol. The Morgan fingerprint density at radius 3 is 3.05 bits per heavy atom. The lowest BCUT2D eigenvalue weighted by atomic mass is 10.1. The van der Waals surface area contributed by atoms with Gasteiger partial charge in [-0.15, -0.1) is 11.3 Å². The van der Waals surface area contributed by atoms with Crippen LogP contribution < -0.4 is 4.74 Å². The summed E-state index contributed by atoms with van der Waals surface area (Å²) in [5, 5.41) is 1.27. The van der Waals surface area contributed by atoms with E-state index in [1.54, 1.807) is 13.4 Å². The lowest BCUT2D eigenvalue weighted by Crippen LogP contribution is -1.81. The van der Waals surface area contributed by atoms with E-state index in [1.807, 2.05) is 23.6 Å². The summed E-state index contributed by atoms with van der Waals surface area (Å²) in [6.07, 6.45) is 8.79. The van der Waals surface area contributed by atoms with E-state index in [-0.39, 0.29) is 0 Å². The summed E-state index contributed by atoms with van der Waals surface area (Å²) in [6, 6.07) is 6.24. The summed E-state index contributed by atoms with van der Waals surface area (Å²) in [4.78, 5) is 8.42. The van der Waals surface area contributed by atoms with E-state index in [2.05, 4.69) is 41.2 Å². The van der Waals surface area contributed by atoms with Gasteiger partial charge >= 0.3 is 0 Å². The predicted octanol–water partition coefficient (Wildman–Crippen LogP) is 4.20. The fourth-order valence-corrected chi connectivity index (χ4v) is 3.32. The number of allylic oxidation sites excluding steroid dienone is 1. The Morgan fingerprint density at radius 2 is 2.30 bits per heavy atom. The molecule has 0 fully saturated rings. The Balaban J connectivity index is 1.88. The smallest absolute Gasteiger partial charge is 0.119 e. The fraction of sp³-hybridized carbons (Fsp3) is 0.188. The monoisotopic (exact) mass is 284 g/mol. The van der Waals surface area contributed by atoms with E-state index < -0.39 is 0 Å². The zero-order valence-electron chi connectivity index (χ0n) is 11.5. The van der Waals surface area contributed by atoms with Crippen LogP contribution in [0.2, 0.25) is 0 Å². The summed E-state index contributed by atoms with van der Waals surface area (Å²) in [7, 11) is 1.70. The molecule has 102 valence electrons. The van der Waals surface area contributed by atoms with Crippen LogP contribution in [-0.4, -0.2) is 17.1 Å². The summed E-state index contributed by atoms with van der Waals surface area (Å²) in [5.41, 5.74) is 2.44. The van der Waals surface area contributed by atoms with Crippen LogP contribution in [0, 0.1) is 6.92 Å². The quantitative estimate of drug-likeness (QED) is 0.779. The van der Waals surface area contributed by atoms with Crippen molar-refractivity contribution in [3.05, 3.63) is 52.9 Å². The van der Waals surface area contributed by atoms with Gasteiger partial charge in [0.05, 0.1) is 13.4 Å². The van der Waals surface area contributed by atoms with Gasteiger partial charge in [0.2, 0.25) is 0 Å². The Kier molecular flexibility index (Phi) is 3.56. The van der Waals surface area contributed by atoms with E-state index in [4.69, 9.17) is 4.74 Å². The van der Waals surface area contributed by atoms with Crippen molar-refractivity contribution in [2.45, 2.75) is 13.3 Å². The van der Waals surface area contributed by atoms with Crippen molar-refractivity contribution < 1.29 is 4.74 Å². The number of aryl methyl sites for hydroxylation is 1. The molecule has 20 heavy (non-hydrogen) atoms. The van der Waals surface area contributed by atoms with Crippen LogP contribution in [0.5, 0.6) is 5.75 Å². The number of rotatable bonds is 4. The number of ether oxygens (including phenoxy) is 1. The molecule has 1 aromatic carbocycles. The third-order valence-electron chi connectivity index (χ3n) is 3.34. The highest BCUT2D eigenvalue weighted by molar-refractivity contribution is 7.20. The van der Waals surface area contributed by atoms with Gasteiger partial charge in [0.1, 0.15) is 5.75 Å². The van der Waals surface area contributed by atoms with E-state index in [1.165, 1.54) is 20.5 Å². The highest BCUT2D eigenvalue weighted by Crippen LogP contribution is 2.34. The largest absolute Gasteiger partial charge is 0.497 e. The van der Waals surface area contributed by atoms with Gasteiger partial charge in [0, 0.05) is 27.9 Å². The van der Waals surface area contributed by atoms with Gasteiger partial charge in [0.15, 0.2) is 0 Å². The first-order valence-electron chi connectivity index (χ1n) is 6.49. The number of thiophene rings is 1. The minimum absolute atomic E-state index is 0.872. The number of benzene rings is 1. The summed E-state index contributed by atoms with van der Waals surface area (Å²) >= 11 is 1.81. The van der Waals surface area contributed by atoms with Gasteiger partial charge in [-0.1, -0.05) is 6.08 Å². The molecule has 0 aliphatic carbocycles. The topological polar surface area (TPSA) is 37.9 Å². The molecule has 0 radical (unpaired) electrons. The first kappa shape index (κ1) is 12.9. The second-order valence-corrected chi connectivity index (χ2v) is 5.72. The first-order chi connectivity index (χ1) is 9.78. The molecule has 0 bridgehead atoms. The number of fused-ring (bicyclic) bond motifs is 1. The Hall–Kier alpha value is -2.07. The minimum Gasteiger partial charge on any atom is -0.497 e. The third-order valence-corrected chi connectivity index (χ3v) is 4.58. The van der Waals surface area contributed by atoms with Crippen molar-refractivity contribution in [3.63, 3.8) is 0 Å². The predicted molar refractivity (Wildman–Crippen MR) is 84.4 cm³/mol. The van der Waals surface area contributed by atoms with Crippen LogP contribution in [0.3, 0.4) is 0 Å². The zero-order chi connectivity index (χ0) is 13.9. The summed E-state index contributed by atoms with van der Waals surface area (Å²) in [6.45, 7) is 2.16. The maximum Gasteiger partial charge on any atom is 0.119 e. The minimum atomic E-state index is 0.872. The molecule has 2 heterocycles. The Labute approximate surface area is 121 Å². The van der Waals surface area contributed by atoms with Gasteiger partial charge in [-0.3, -0.25) is 0 Å². The molecule has 0 aliphatic rings. The summed E-state index contributed by atoms with van der Waals surface area (Å²) in [5.74, 6) is 0.909. The normalized spacial score (nSPS) is 11.5. The fourth-order valence-electron chi connectivity index (χ4n) is 2.19. The van der Waals surface area contributed by atoms with Gasteiger partial charge in [-0.05, 0) is 42.1 Å². The zero-order valence-corrected chi connectivity index (χ0v) is 12.3. The number of imidazole rings is 1. The molecule has 0 amide bonds. The maximum absolute atomic E-state index is 5.29. The molecule has 1 N–H and O–H groups in total. The lowest BCUT2D eigenvalue weighted by molar-refractivity contribution is 0.415. The van der Waals surface area contributed by atoms with Crippen molar-refractivity contribution in [3.8, 4) is 5.75 Å². The average Bonchev–Trinajstić information content (AvgIpc) is 3.08. The number of H-pyrrole nitrogens is 1. The highest BCUT2D eigenvalue weighted by atomic mass is 32.1. The molecule has 3 aromatic rings. The SMILES string of the molecule is COc1ccc2sc(C=CCc3cnc[nH]3)c(C)c2c1. The molecule has 0 saturated carbocycles. The molecule has 0 saturated heterocycles. The van der Waals surface area contributed by atoms with Gasteiger partial charge in [-0.2, -0.15) is 0 Å². The van der Waals surface area contributed by atoms with Gasteiger partial charge < -0.3 is 9.72 Å². The molecule has 0 atom stereocenters. The molecule has 4 heteroatoms. The van der Waals surface area contributed by atoms with E-state index in [0.29, 0.717) is 0 Å². The number of methoxy groups -OCH3 is 1. The highest BCUT2D eigenvalue weighted by Gasteiger charge is 2.07. The second kappa shape index (κ2) is 5.51. The van der Waals surface area contributed by atoms with Crippen molar-refractivity contribution in [1.29, 1.82) is 0 Å². The second-order valence-electron chi connectivity index (χ2n) is 4.64. The van der Waals surface area contributed by atoms with Crippen molar-refractivity contribution in [2.24, 2.45) is 0 Å². The maximum atomic E-state index is 5.29. The van der Waals surface area contributed by atoms with Crippen molar-refractivity contribution in [2.75, 3.05) is 7.11 Å². The van der Waals surface area contributed by atoms with Crippen LogP contribution in [0.25, 0.3) is 16.2 Å².